The van der Waals surface area contributed by atoms with Crippen LogP contribution in [0.3, 0.4) is 0 Å². The number of nitrogens with one attached hydrogen (secondary N) is 1. The number of hydrogen-bond donors (Lipinski definition) is 8. The normalized spacial score (nSPS) is 29.1. The zero-order valence-electron chi connectivity index (χ0n) is 25.5. The maximum Gasteiger partial charge on any atom is 0.490 e. The SMILES string of the molecule is COC1C(OP(=O)(O)OC[C@H]2O[C@@H](n3cnc4c(N)ncnc43)CC2O)[C@@H](COP(=O)(O)OP(=O)(O)OP(=O)(O)O)O[C@H]1n1ccc(=O)[nH]c1=O. The second-order valence-corrected chi connectivity index (χ2v) is 16.3. The van der Waals surface area contributed by atoms with Gasteiger partial charge in [-0.1, -0.05) is 0 Å². The molecule has 0 radical (unpaired) electrons. The second kappa shape index (κ2) is 15.0. The molecule has 2 aliphatic rings. The van der Waals surface area contributed by atoms with Crippen molar-refractivity contribution in [3.05, 3.63) is 45.8 Å². The number of aliphatic hydroxyl groups is 1. The van der Waals surface area contributed by atoms with Crippen LogP contribution in [0.15, 0.2) is 34.5 Å². The maximum absolute atomic E-state index is 13.2. The quantitative estimate of drug-likeness (QED) is 0.0798. The van der Waals surface area contributed by atoms with Crippen LogP contribution >= 0.6 is 31.3 Å². The summed E-state index contributed by atoms with van der Waals surface area (Å²) in [5.74, 6) is 0.0915. The summed E-state index contributed by atoms with van der Waals surface area (Å²) in [6, 6.07) is 0.904. The monoisotopic (exact) mass is 811 g/mol. The highest BCUT2D eigenvalue weighted by molar-refractivity contribution is 7.66. The molecule has 2 aliphatic heterocycles. The number of hydrogen-bond acceptors (Lipinski definition) is 19. The average molecular weight is 811 g/mol. The molecular formula is C20H29N7O20P4. The fourth-order valence-corrected chi connectivity index (χ4v) is 9.00. The van der Waals surface area contributed by atoms with Crippen molar-refractivity contribution < 1.29 is 84.2 Å². The number of rotatable bonds is 15. The number of aromatic nitrogens is 6. The van der Waals surface area contributed by atoms with E-state index in [1.54, 1.807) is 0 Å². The number of aliphatic hydroxyl groups excluding tert-OH is 1. The Morgan fingerprint density at radius 1 is 0.922 bits per heavy atom. The number of fused-ring (bicyclic) bond motifs is 1. The molecule has 0 aromatic carbocycles. The summed E-state index contributed by atoms with van der Waals surface area (Å²) in [7, 11) is -21.6. The number of aromatic amines is 1. The number of nitrogens with two attached hydrogens (primary N) is 1. The molecule has 31 heteroatoms. The minimum Gasteiger partial charge on any atom is -0.390 e. The lowest BCUT2D eigenvalue weighted by Crippen LogP contribution is -2.40. The number of nitrogens with zero attached hydrogens (tertiary/aromatic N) is 5. The third kappa shape index (κ3) is 9.69. The number of anilines is 1. The van der Waals surface area contributed by atoms with Crippen molar-refractivity contribution in [2.24, 2.45) is 0 Å². The van der Waals surface area contributed by atoms with Gasteiger partial charge >= 0.3 is 37.0 Å². The number of phosphoric ester groups is 2. The van der Waals surface area contributed by atoms with Gasteiger partial charge in [0.1, 0.15) is 42.5 Å². The minimum absolute atomic E-state index is 0.0412. The van der Waals surface area contributed by atoms with Crippen LogP contribution in [0, 0.1) is 0 Å². The maximum atomic E-state index is 13.2. The summed E-state index contributed by atoms with van der Waals surface area (Å²) in [5, 5.41) is 10.6. The predicted octanol–water partition coefficient (Wildman–Crippen LogP) is -1.63. The first-order valence-electron chi connectivity index (χ1n) is 13.9. The Morgan fingerprint density at radius 3 is 2.27 bits per heavy atom. The largest absolute Gasteiger partial charge is 0.490 e. The zero-order chi connectivity index (χ0) is 37.5. The van der Waals surface area contributed by atoms with Crippen LogP contribution in [-0.4, -0.2) is 109 Å². The van der Waals surface area contributed by atoms with Crippen LogP contribution < -0.4 is 17.0 Å². The summed E-state index contributed by atoms with van der Waals surface area (Å²) < 4.78 is 89.5. The highest BCUT2D eigenvalue weighted by Crippen LogP contribution is 2.66. The van der Waals surface area contributed by atoms with Crippen LogP contribution in [0.5, 0.6) is 0 Å². The molecule has 0 bridgehead atoms. The van der Waals surface area contributed by atoms with Gasteiger partial charge in [-0.15, -0.1) is 0 Å². The number of H-pyrrole nitrogens is 1. The Balaban J connectivity index is 1.31. The molecule has 2 fully saturated rings. The number of phosphoric acid groups is 4. The van der Waals surface area contributed by atoms with Gasteiger partial charge in [0.05, 0.1) is 25.6 Å². The lowest BCUT2D eigenvalue weighted by Gasteiger charge is -2.26. The second-order valence-electron chi connectivity index (χ2n) is 10.5. The zero-order valence-corrected chi connectivity index (χ0v) is 29.1. The van der Waals surface area contributed by atoms with E-state index in [0.29, 0.717) is 0 Å². The van der Waals surface area contributed by atoms with Crippen molar-refractivity contribution >= 4 is 48.3 Å². The van der Waals surface area contributed by atoms with E-state index < -0.39 is 98.7 Å². The highest BCUT2D eigenvalue weighted by atomic mass is 31.3. The molecule has 0 amide bonds. The third-order valence-corrected chi connectivity index (χ3v) is 11.8. The lowest BCUT2D eigenvalue weighted by molar-refractivity contribution is -0.0619. The molecule has 51 heavy (non-hydrogen) atoms. The van der Waals surface area contributed by atoms with Crippen LogP contribution in [0.4, 0.5) is 5.82 Å². The first-order chi connectivity index (χ1) is 23.7. The van der Waals surface area contributed by atoms with Gasteiger partial charge in [-0.2, -0.15) is 8.62 Å². The summed E-state index contributed by atoms with van der Waals surface area (Å²) in [6.07, 6.45) is -6.72. The Morgan fingerprint density at radius 2 is 1.61 bits per heavy atom. The molecule has 3 aromatic rings. The van der Waals surface area contributed by atoms with E-state index >= 15 is 0 Å². The third-order valence-electron chi connectivity index (χ3n) is 7.06. The van der Waals surface area contributed by atoms with Crippen LogP contribution in [0.2, 0.25) is 0 Å². The fourth-order valence-electron chi connectivity index (χ4n) is 5.01. The van der Waals surface area contributed by atoms with E-state index in [2.05, 4.69) is 28.1 Å². The van der Waals surface area contributed by atoms with E-state index in [4.69, 9.17) is 38.8 Å². The van der Waals surface area contributed by atoms with Gasteiger partial charge in [-0.25, -0.2) is 38.0 Å². The van der Waals surface area contributed by atoms with Gasteiger partial charge in [0.15, 0.2) is 17.7 Å². The molecule has 9 N–H and O–H groups in total. The smallest absolute Gasteiger partial charge is 0.390 e. The predicted molar refractivity (Wildman–Crippen MR) is 161 cm³/mol. The van der Waals surface area contributed by atoms with Crippen molar-refractivity contribution in [3.8, 4) is 0 Å². The van der Waals surface area contributed by atoms with Gasteiger partial charge in [0.2, 0.25) is 0 Å². The number of ether oxygens (including phenoxy) is 3. The molecule has 0 saturated carbocycles. The molecule has 6 unspecified atom stereocenters. The Kier molecular flexibility index (Phi) is 11.7. The molecule has 284 valence electrons. The van der Waals surface area contributed by atoms with Crippen molar-refractivity contribution in [3.63, 3.8) is 0 Å². The van der Waals surface area contributed by atoms with Crippen molar-refractivity contribution in [1.82, 2.24) is 29.1 Å². The van der Waals surface area contributed by atoms with Gasteiger partial charge in [0.25, 0.3) is 5.56 Å². The molecule has 3 aromatic heterocycles. The van der Waals surface area contributed by atoms with E-state index in [1.165, 1.54) is 17.2 Å². The molecule has 5 rings (SSSR count). The first-order valence-corrected chi connectivity index (χ1v) is 19.9. The van der Waals surface area contributed by atoms with Crippen LogP contribution in [-0.2, 0) is 54.7 Å². The van der Waals surface area contributed by atoms with E-state index in [0.717, 1.165) is 23.9 Å². The topological polar surface area (TPSA) is 388 Å². The summed E-state index contributed by atoms with van der Waals surface area (Å²) >= 11 is 0. The summed E-state index contributed by atoms with van der Waals surface area (Å²) in [5.41, 5.74) is 4.47. The van der Waals surface area contributed by atoms with Gasteiger partial charge < -0.3 is 49.5 Å². The van der Waals surface area contributed by atoms with E-state index in [9.17, 15) is 47.6 Å². The van der Waals surface area contributed by atoms with Crippen LogP contribution in [0.1, 0.15) is 18.9 Å². The Labute approximate surface area is 282 Å². The molecule has 10 atom stereocenters. The molecular weight excluding hydrogens is 782 g/mol. The van der Waals surface area contributed by atoms with Gasteiger partial charge in [-0.3, -0.25) is 32.5 Å². The number of imidazole rings is 1. The lowest BCUT2D eigenvalue weighted by atomic mass is 10.1. The van der Waals surface area contributed by atoms with Crippen LogP contribution in [0.25, 0.3) is 11.2 Å². The molecule has 0 spiro atoms. The number of methoxy groups -OCH3 is 1. The van der Waals surface area contributed by atoms with Crippen molar-refractivity contribution in [2.45, 2.75) is 49.4 Å². The number of nitrogen functional groups attached to an aromatic ring is 1. The Bertz CT molecular complexity index is 2050. The van der Waals surface area contributed by atoms with Crippen molar-refractivity contribution in [1.29, 1.82) is 0 Å². The van der Waals surface area contributed by atoms with Gasteiger partial charge in [0, 0.05) is 25.8 Å². The Hall–Kier alpha value is -2.61. The van der Waals surface area contributed by atoms with Crippen molar-refractivity contribution in [2.75, 3.05) is 26.1 Å². The molecule has 5 heterocycles. The summed E-state index contributed by atoms with van der Waals surface area (Å²) in [4.78, 5) is 85.6. The molecule has 0 aliphatic carbocycles. The molecule has 27 nitrogen and oxygen atoms in total. The fraction of sp³-hybridized carbons (Fsp3) is 0.550. The highest BCUT2D eigenvalue weighted by Gasteiger charge is 2.52. The summed E-state index contributed by atoms with van der Waals surface area (Å²) in [6.45, 7) is -1.97. The van der Waals surface area contributed by atoms with Gasteiger partial charge in [-0.05, 0) is 0 Å². The minimum atomic E-state index is -5.93. The molecule has 2 saturated heterocycles. The van der Waals surface area contributed by atoms with E-state index in [1.807, 2.05) is 4.98 Å². The average Bonchev–Trinajstić information content (AvgIpc) is 3.68. The van der Waals surface area contributed by atoms with E-state index in [-0.39, 0.29) is 23.4 Å². The first kappa shape index (κ1) is 39.6. The standard InChI is InChI=1S/C20H29N7O20P4/c1-40-16-15(45-49(34,35)41-5-10-9(28)4-13(43-10)27-8-24-14-17(21)22-7-23-18(14)27)11(44-19(16)26-3-2-12(29)25-20(26)30)6-42-50(36,37)47-51(38,39)46-48(31,32)33/h2-3,7-11,13,15-16,19,28H,4-6H2,1H3,(H,34,35)(H,36,37)(H,38,39)(H2,21,22,23)(H,25,29,30)(H2,31,32,33)/t9?,10-,11-,13-,15?,16?,19-/m1/s1.